The molecule has 0 unspecified atom stereocenters. The number of nitrogen functional groups attached to an aromatic ring is 1. The van der Waals surface area contributed by atoms with Gasteiger partial charge >= 0.3 is 6.09 Å². The van der Waals surface area contributed by atoms with Gasteiger partial charge in [0.15, 0.2) is 0 Å². The molecule has 0 aliphatic rings. The number of carbonyl (C=O) groups excluding carboxylic acids is 1. The number of nitrogens with zero attached hydrogens (tertiary/aromatic N) is 1. The van der Waals surface area contributed by atoms with Gasteiger partial charge < -0.3 is 25.3 Å². The number of nitrogens with two attached hydrogens (primary N) is 1. The smallest absolute Gasteiger partial charge is 0.411 e. The molecule has 25 heavy (non-hydrogen) atoms. The Kier molecular flexibility index (Phi) is 6.27. The molecule has 0 spiro atoms. The van der Waals surface area contributed by atoms with E-state index in [4.69, 9.17) is 19.9 Å². The average Bonchev–Trinajstić information content (AvgIpc) is 2.62. The third kappa shape index (κ3) is 4.90. The van der Waals surface area contributed by atoms with Crippen molar-refractivity contribution in [3.8, 4) is 11.5 Å². The van der Waals surface area contributed by atoms with Crippen LogP contribution in [0.3, 0.4) is 0 Å². The summed E-state index contributed by atoms with van der Waals surface area (Å²) in [4.78, 5) is 15.6. The van der Waals surface area contributed by atoms with E-state index in [0.29, 0.717) is 23.8 Å². The number of ether oxygens (including phenoxy) is 3. The highest BCUT2D eigenvalue weighted by molar-refractivity contribution is 5.88. The summed E-state index contributed by atoms with van der Waals surface area (Å²) in [7, 11) is 3.20. The van der Waals surface area contributed by atoms with Gasteiger partial charge in [0.25, 0.3) is 0 Å². The van der Waals surface area contributed by atoms with Crippen molar-refractivity contribution in [1.82, 2.24) is 4.98 Å². The van der Waals surface area contributed by atoms with Gasteiger partial charge in [-0.1, -0.05) is 0 Å². The summed E-state index contributed by atoms with van der Waals surface area (Å²) in [6.45, 7) is 2.49. The van der Waals surface area contributed by atoms with E-state index >= 15 is 0 Å². The third-order valence-corrected chi connectivity index (χ3v) is 3.39. The fourth-order valence-corrected chi connectivity index (χ4v) is 2.14. The Morgan fingerprint density at radius 3 is 2.64 bits per heavy atom. The van der Waals surface area contributed by atoms with Crippen molar-refractivity contribution >= 4 is 23.4 Å². The summed E-state index contributed by atoms with van der Waals surface area (Å²) in [5, 5.41) is 5.70. The van der Waals surface area contributed by atoms with Gasteiger partial charge in [-0.3, -0.25) is 5.32 Å². The zero-order chi connectivity index (χ0) is 18.2. The Morgan fingerprint density at radius 1 is 1.20 bits per heavy atom. The first-order valence-electron chi connectivity index (χ1n) is 7.72. The maximum absolute atomic E-state index is 11.4. The predicted molar refractivity (Wildman–Crippen MR) is 96.2 cm³/mol. The molecule has 0 radical (unpaired) electrons. The van der Waals surface area contributed by atoms with Crippen LogP contribution in [0.5, 0.6) is 11.5 Å². The van der Waals surface area contributed by atoms with E-state index < -0.39 is 6.09 Å². The van der Waals surface area contributed by atoms with Crippen molar-refractivity contribution in [2.24, 2.45) is 0 Å². The Balaban J connectivity index is 2.04. The number of carbonyl (C=O) groups is 1. The van der Waals surface area contributed by atoms with E-state index in [1.807, 2.05) is 18.2 Å². The van der Waals surface area contributed by atoms with Gasteiger partial charge in [0.2, 0.25) is 0 Å². The summed E-state index contributed by atoms with van der Waals surface area (Å²) in [6, 6.07) is 8.95. The monoisotopic (exact) mass is 346 g/mol. The lowest BCUT2D eigenvalue weighted by atomic mass is 10.2. The quantitative estimate of drug-likeness (QED) is 0.707. The molecular weight excluding hydrogens is 324 g/mol. The number of rotatable bonds is 7. The van der Waals surface area contributed by atoms with E-state index in [1.54, 1.807) is 33.3 Å². The number of hydrogen-bond acceptors (Lipinski definition) is 7. The Labute approximate surface area is 146 Å². The van der Waals surface area contributed by atoms with E-state index in [0.717, 1.165) is 11.3 Å². The first-order valence-corrected chi connectivity index (χ1v) is 7.72. The number of amides is 1. The van der Waals surface area contributed by atoms with Crippen LogP contribution < -0.4 is 25.8 Å². The molecule has 0 saturated heterocycles. The second kappa shape index (κ2) is 8.62. The molecule has 1 aromatic carbocycles. The van der Waals surface area contributed by atoms with Gasteiger partial charge in [-0.2, -0.15) is 0 Å². The largest absolute Gasteiger partial charge is 0.497 e. The lowest BCUT2D eigenvalue weighted by Gasteiger charge is -2.13. The molecule has 1 amide bonds. The summed E-state index contributed by atoms with van der Waals surface area (Å²) in [5.41, 5.74) is 7.20. The van der Waals surface area contributed by atoms with Gasteiger partial charge in [0.1, 0.15) is 23.1 Å². The minimum atomic E-state index is -0.570. The highest BCUT2D eigenvalue weighted by Crippen LogP contribution is 2.26. The molecule has 4 N–H and O–H groups in total. The number of methoxy groups -OCH3 is 2. The van der Waals surface area contributed by atoms with Crippen LogP contribution in [0.4, 0.5) is 22.1 Å². The van der Waals surface area contributed by atoms with Gasteiger partial charge in [-0.15, -0.1) is 0 Å². The second-order valence-electron chi connectivity index (χ2n) is 5.01. The lowest BCUT2D eigenvalue weighted by molar-refractivity contribution is 0.168. The molecule has 0 saturated carbocycles. The van der Waals surface area contributed by atoms with E-state index in [9.17, 15) is 4.79 Å². The van der Waals surface area contributed by atoms with Crippen molar-refractivity contribution in [2.75, 3.05) is 37.2 Å². The SMILES string of the molecule is CCOC(=O)Nc1ccc(NCc2ccc(OC)cc2OC)nc1N. The minimum Gasteiger partial charge on any atom is -0.497 e. The van der Waals surface area contributed by atoms with Crippen LogP contribution in [-0.2, 0) is 11.3 Å². The van der Waals surface area contributed by atoms with Crippen LogP contribution in [0.15, 0.2) is 30.3 Å². The van der Waals surface area contributed by atoms with Gasteiger partial charge in [0, 0.05) is 18.2 Å². The van der Waals surface area contributed by atoms with Crippen molar-refractivity contribution in [3.05, 3.63) is 35.9 Å². The molecule has 134 valence electrons. The van der Waals surface area contributed by atoms with Crippen LogP contribution in [0.25, 0.3) is 0 Å². The highest BCUT2D eigenvalue weighted by atomic mass is 16.5. The number of aromatic nitrogens is 1. The number of pyridine rings is 1. The highest BCUT2D eigenvalue weighted by Gasteiger charge is 2.09. The first-order chi connectivity index (χ1) is 12.1. The predicted octanol–water partition coefficient (Wildman–Crippen LogP) is 2.86. The van der Waals surface area contributed by atoms with Crippen molar-refractivity contribution in [1.29, 1.82) is 0 Å². The van der Waals surface area contributed by atoms with E-state index in [1.165, 1.54) is 0 Å². The molecule has 0 bridgehead atoms. The third-order valence-electron chi connectivity index (χ3n) is 3.39. The van der Waals surface area contributed by atoms with Crippen LogP contribution >= 0.6 is 0 Å². The Bertz CT molecular complexity index is 737. The zero-order valence-corrected chi connectivity index (χ0v) is 14.5. The van der Waals surface area contributed by atoms with Crippen molar-refractivity contribution < 1.29 is 19.0 Å². The van der Waals surface area contributed by atoms with Crippen molar-refractivity contribution in [3.63, 3.8) is 0 Å². The van der Waals surface area contributed by atoms with Gasteiger partial charge in [-0.25, -0.2) is 9.78 Å². The van der Waals surface area contributed by atoms with Crippen LogP contribution in [-0.4, -0.2) is 31.9 Å². The molecule has 0 aliphatic carbocycles. The minimum absolute atomic E-state index is 0.194. The molecule has 8 nitrogen and oxygen atoms in total. The van der Waals surface area contributed by atoms with Gasteiger partial charge in [0.05, 0.1) is 26.5 Å². The summed E-state index contributed by atoms with van der Waals surface area (Å²) in [6.07, 6.45) is -0.570. The molecule has 2 aromatic rings. The maximum Gasteiger partial charge on any atom is 0.411 e. The molecular formula is C17H22N4O4. The molecule has 0 fully saturated rings. The maximum atomic E-state index is 11.4. The molecule has 0 atom stereocenters. The van der Waals surface area contributed by atoms with E-state index in [2.05, 4.69) is 15.6 Å². The molecule has 1 heterocycles. The first kappa shape index (κ1) is 18.2. The zero-order valence-electron chi connectivity index (χ0n) is 14.5. The van der Waals surface area contributed by atoms with Gasteiger partial charge in [-0.05, 0) is 31.2 Å². The number of hydrogen-bond donors (Lipinski definition) is 3. The summed E-state index contributed by atoms with van der Waals surface area (Å²) in [5.74, 6) is 2.20. The van der Waals surface area contributed by atoms with Crippen LogP contribution in [0, 0.1) is 0 Å². The average molecular weight is 346 g/mol. The second-order valence-corrected chi connectivity index (χ2v) is 5.01. The number of benzene rings is 1. The number of anilines is 3. The van der Waals surface area contributed by atoms with Crippen molar-refractivity contribution in [2.45, 2.75) is 13.5 Å². The molecule has 2 rings (SSSR count). The van der Waals surface area contributed by atoms with E-state index in [-0.39, 0.29) is 12.4 Å². The topological polar surface area (TPSA) is 108 Å². The molecule has 1 aromatic heterocycles. The number of nitrogens with one attached hydrogen (secondary N) is 2. The Morgan fingerprint density at radius 2 is 2.00 bits per heavy atom. The fraction of sp³-hybridized carbons (Fsp3) is 0.294. The molecule has 8 heteroatoms. The normalized spacial score (nSPS) is 10.0. The molecule has 0 aliphatic heterocycles. The Hall–Kier alpha value is -3.16. The standard InChI is InChI=1S/C17H22N4O4/c1-4-25-17(22)20-13-7-8-15(21-16(13)18)19-10-11-5-6-12(23-2)9-14(11)24-3/h5-9H,4,10H2,1-3H3,(H,20,22)(H3,18,19,21). The van der Waals surface area contributed by atoms with Crippen LogP contribution in [0.2, 0.25) is 0 Å². The summed E-state index contributed by atoms with van der Waals surface area (Å²) < 4.78 is 15.3. The summed E-state index contributed by atoms with van der Waals surface area (Å²) >= 11 is 0. The lowest BCUT2D eigenvalue weighted by Crippen LogP contribution is -2.15. The fourth-order valence-electron chi connectivity index (χ4n) is 2.14. The van der Waals surface area contributed by atoms with Crippen LogP contribution in [0.1, 0.15) is 12.5 Å².